The molecular weight excluding hydrogens is 373 g/mol. The molecule has 0 spiro atoms. The highest BCUT2D eigenvalue weighted by molar-refractivity contribution is 9.10. The molecule has 1 fully saturated rings. The number of hydrogen-bond donors (Lipinski definition) is 0. The van der Waals surface area contributed by atoms with Gasteiger partial charge in [0, 0.05) is 28.2 Å². The molecule has 1 aromatic rings. The van der Waals surface area contributed by atoms with Gasteiger partial charge in [-0.15, -0.1) is 0 Å². The van der Waals surface area contributed by atoms with Crippen molar-refractivity contribution >= 4 is 41.6 Å². The highest BCUT2D eigenvalue weighted by Gasteiger charge is 2.29. The lowest BCUT2D eigenvalue weighted by Gasteiger charge is -2.35. The first-order valence-electron chi connectivity index (χ1n) is 5.92. The van der Waals surface area contributed by atoms with Crippen molar-refractivity contribution < 1.29 is 17.6 Å². The molecule has 0 unspecified atom stereocenters. The summed E-state index contributed by atoms with van der Waals surface area (Å²) in [6.45, 7) is 0. The van der Waals surface area contributed by atoms with Gasteiger partial charge in [0.2, 0.25) is 0 Å². The van der Waals surface area contributed by atoms with E-state index in [0.29, 0.717) is 0 Å². The van der Waals surface area contributed by atoms with Crippen molar-refractivity contribution in [3.8, 4) is 0 Å². The van der Waals surface area contributed by atoms with Crippen LogP contribution in [-0.2, 0) is 9.05 Å². The van der Waals surface area contributed by atoms with Gasteiger partial charge in [-0.2, -0.15) is 0 Å². The zero-order valence-electron chi connectivity index (χ0n) is 10.6. The Kier molecular flexibility index (Phi) is 4.41. The van der Waals surface area contributed by atoms with Gasteiger partial charge >= 0.3 is 0 Å². The molecule has 0 atom stereocenters. The van der Waals surface area contributed by atoms with Gasteiger partial charge < -0.3 is 4.90 Å². The van der Waals surface area contributed by atoms with Crippen LogP contribution in [0, 0.1) is 5.82 Å². The van der Waals surface area contributed by atoms with E-state index in [1.165, 1.54) is 0 Å². The number of nitrogens with zero attached hydrogens (tertiary/aromatic N) is 1. The maximum absolute atomic E-state index is 13.6. The van der Waals surface area contributed by atoms with Crippen LogP contribution in [0.15, 0.2) is 21.5 Å². The molecule has 0 radical (unpaired) electrons. The highest BCUT2D eigenvalue weighted by atomic mass is 79.9. The van der Waals surface area contributed by atoms with Gasteiger partial charge in [-0.05, 0) is 47.3 Å². The maximum atomic E-state index is 13.6. The summed E-state index contributed by atoms with van der Waals surface area (Å²) in [6.07, 6.45) is 2.90. The zero-order chi connectivity index (χ0) is 15.1. The highest BCUT2D eigenvalue weighted by Crippen LogP contribution is 2.30. The molecule has 0 aliphatic heterocycles. The lowest BCUT2D eigenvalue weighted by Crippen LogP contribution is -2.41. The van der Waals surface area contributed by atoms with Crippen molar-refractivity contribution in [2.75, 3.05) is 7.05 Å². The Hall–Kier alpha value is -0.660. The Labute approximate surface area is 129 Å². The van der Waals surface area contributed by atoms with Crippen LogP contribution in [0.2, 0.25) is 0 Å². The molecule has 0 N–H and O–H groups in total. The Morgan fingerprint density at radius 3 is 2.50 bits per heavy atom. The third-order valence-corrected chi connectivity index (χ3v) is 5.45. The lowest BCUT2D eigenvalue weighted by atomic mass is 9.91. The third kappa shape index (κ3) is 2.99. The molecule has 0 aromatic heterocycles. The van der Waals surface area contributed by atoms with Gasteiger partial charge in [-0.25, -0.2) is 12.8 Å². The molecule has 1 aliphatic rings. The van der Waals surface area contributed by atoms with Crippen molar-refractivity contribution in [3.63, 3.8) is 0 Å². The second kappa shape index (κ2) is 5.61. The van der Waals surface area contributed by atoms with E-state index >= 15 is 0 Å². The molecule has 4 nitrogen and oxygen atoms in total. The minimum Gasteiger partial charge on any atom is -0.339 e. The van der Waals surface area contributed by atoms with Crippen molar-refractivity contribution in [1.82, 2.24) is 4.90 Å². The first kappa shape index (κ1) is 15.7. The van der Waals surface area contributed by atoms with Gasteiger partial charge in [-0.1, -0.05) is 0 Å². The van der Waals surface area contributed by atoms with Gasteiger partial charge in [0.25, 0.3) is 15.0 Å². The number of carbonyl (C=O) groups excluding carboxylic acids is 1. The van der Waals surface area contributed by atoms with Crippen LogP contribution >= 0.6 is 26.6 Å². The van der Waals surface area contributed by atoms with Crippen LogP contribution in [0.25, 0.3) is 0 Å². The van der Waals surface area contributed by atoms with Gasteiger partial charge in [-0.3, -0.25) is 4.79 Å². The molecule has 1 aromatic carbocycles. The molecule has 0 saturated heterocycles. The van der Waals surface area contributed by atoms with E-state index in [-0.39, 0.29) is 22.0 Å². The van der Waals surface area contributed by atoms with Crippen LogP contribution in [0.3, 0.4) is 0 Å². The lowest BCUT2D eigenvalue weighted by molar-refractivity contribution is 0.0650. The normalized spacial score (nSPS) is 15.8. The second-order valence-corrected chi connectivity index (χ2v) is 8.09. The summed E-state index contributed by atoms with van der Waals surface area (Å²) in [5, 5.41) is 0. The van der Waals surface area contributed by atoms with Gasteiger partial charge in [0.05, 0.1) is 5.56 Å². The Morgan fingerprint density at radius 1 is 1.45 bits per heavy atom. The first-order chi connectivity index (χ1) is 9.21. The molecule has 1 saturated carbocycles. The average Bonchev–Trinajstić information content (AvgIpc) is 2.23. The number of hydrogen-bond acceptors (Lipinski definition) is 3. The monoisotopic (exact) mass is 383 g/mol. The summed E-state index contributed by atoms with van der Waals surface area (Å²) in [5.41, 5.74) is 0.0834. The quantitative estimate of drug-likeness (QED) is 0.752. The topological polar surface area (TPSA) is 54.5 Å². The second-order valence-electron chi connectivity index (χ2n) is 4.70. The molecule has 2 rings (SSSR count). The number of amides is 1. The SMILES string of the molecule is CN(C(=O)c1cc(S(=O)(=O)Cl)c(F)cc1Br)C1CCC1. The van der Waals surface area contributed by atoms with Gasteiger partial charge in [0.15, 0.2) is 0 Å². The Morgan fingerprint density at radius 2 is 2.05 bits per heavy atom. The summed E-state index contributed by atoms with van der Waals surface area (Å²) < 4.78 is 36.4. The summed E-state index contributed by atoms with van der Waals surface area (Å²) in [4.78, 5) is 13.2. The number of carbonyl (C=O) groups is 1. The summed E-state index contributed by atoms with van der Waals surface area (Å²) in [7, 11) is 2.58. The Bertz CT molecular complexity index is 661. The van der Waals surface area contributed by atoms with E-state index in [4.69, 9.17) is 10.7 Å². The molecule has 1 aliphatic carbocycles. The third-order valence-electron chi connectivity index (χ3n) is 3.46. The fraction of sp³-hybridized carbons (Fsp3) is 0.417. The van der Waals surface area contributed by atoms with E-state index in [1.807, 2.05) is 0 Å². The molecule has 0 heterocycles. The van der Waals surface area contributed by atoms with Crippen LogP contribution < -0.4 is 0 Å². The smallest absolute Gasteiger partial charge is 0.264 e. The van der Waals surface area contributed by atoms with Crippen molar-refractivity contribution in [3.05, 3.63) is 28.0 Å². The molecular formula is C12H12BrClFNO3S. The Balaban J connectivity index is 2.43. The summed E-state index contributed by atoms with van der Waals surface area (Å²) in [6, 6.07) is 2.06. The molecule has 0 bridgehead atoms. The number of halogens is 3. The van der Waals surface area contributed by atoms with Gasteiger partial charge in [0.1, 0.15) is 10.7 Å². The fourth-order valence-electron chi connectivity index (χ4n) is 2.01. The van der Waals surface area contributed by atoms with Crippen molar-refractivity contribution in [2.45, 2.75) is 30.2 Å². The van der Waals surface area contributed by atoms with Crippen molar-refractivity contribution in [1.29, 1.82) is 0 Å². The molecule has 110 valence electrons. The van der Waals surface area contributed by atoms with E-state index in [0.717, 1.165) is 31.4 Å². The number of rotatable bonds is 3. The van der Waals surface area contributed by atoms with Crippen LogP contribution in [0.1, 0.15) is 29.6 Å². The summed E-state index contributed by atoms with van der Waals surface area (Å²) in [5.74, 6) is -1.35. The average molecular weight is 385 g/mol. The van der Waals surface area contributed by atoms with Crippen LogP contribution in [0.5, 0.6) is 0 Å². The van der Waals surface area contributed by atoms with Crippen LogP contribution in [0.4, 0.5) is 4.39 Å². The van der Waals surface area contributed by atoms with E-state index in [2.05, 4.69) is 15.9 Å². The predicted molar refractivity (Wildman–Crippen MR) is 76.9 cm³/mol. The predicted octanol–water partition coefficient (Wildman–Crippen LogP) is 3.14. The van der Waals surface area contributed by atoms with Crippen molar-refractivity contribution in [2.24, 2.45) is 0 Å². The standard InChI is InChI=1S/C12H12BrClFNO3S/c1-16(7-3-2-4-7)12(17)8-5-11(20(14,18)19)10(15)6-9(8)13/h5-7H,2-4H2,1H3. The minimum atomic E-state index is -4.24. The minimum absolute atomic E-state index is 0.0834. The zero-order valence-corrected chi connectivity index (χ0v) is 13.7. The van der Waals surface area contributed by atoms with Crippen LogP contribution in [-0.4, -0.2) is 32.3 Å². The molecule has 8 heteroatoms. The summed E-state index contributed by atoms with van der Waals surface area (Å²) >= 11 is 3.08. The largest absolute Gasteiger partial charge is 0.339 e. The maximum Gasteiger partial charge on any atom is 0.264 e. The fourth-order valence-corrected chi connectivity index (χ4v) is 3.40. The van der Waals surface area contributed by atoms with E-state index < -0.39 is 19.8 Å². The van der Waals surface area contributed by atoms with E-state index in [9.17, 15) is 17.6 Å². The molecule has 1 amide bonds. The number of benzene rings is 1. The first-order valence-corrected chi connectivity index (χ1v) is 9.03. The molecule has 20 heavy (non-hydrogen) atoms. The van der Waals surface area contributed by atoms with E-state index in [1.54, 1.807) is 11.9 Å².